The second kappa shape index (κ2) is 10.5. The minimum atomic E-state index is -1.07. The van der Waals surface area contributed by atoms with E-state index in [0.29, 0.717) is 4.91 Å². The van der Waals surface area contributed by atoms with Crippen LogP contribution in [0.4, 0.5) is 5.69 Å². The lowest BCUT2D eigenvalue weighted by atomic mass is 10.1. The van der Waals surface area contributed by atoms with Crippen molar-refractivity contribution in [2.24, 2.45) is 0 Å². The first-order valence-electron chi connectivity index (χ1n) is 9.28. The van der Waals surface area contributed by atoms with Crippen molar-refractivity contribution < 1.29 is 14.7 Å². The molecule has 1 fully saturated rings. The summed E-state index contributed by atoms with van der Waals surface area (Å²) in [5.41, 5.74) is 2.09. The van der Waals surface area contributed by atoms with Gasteiger partial charge in [0.2, 0.25) is 0 Å². The lowest BCUT2D eigenvalue weighted by Gasteiger charge is -2.24. The van der Waals surface area contributed by atoms with Gasteiger partial charge in [0.1, 0.15) is 10.9 Å². The molecule has 0 radical (unpaired) electrons. The molecule has 1 saturated heterocycles. The van der Waals surface area contributed by atoms with E-state index in [9.17, 15) is 9.59 Å². The number of carboxylic acids is 1. The fraction of sp³-hybridized carbons (Fsp3) is 0.450. The maximum absolute atomic E-state index is 12.3. The number of aliphatic carboxylic acids is 1. The Hall–Kier alpha value is -1.86. The summed E-state index contributed by atoms with van der Waals surface area (Å²) in [6.45, 7) is 6.08. The summed E-state index contributed by atoms with van der Waals surface area (Å²) in [4.78, 5) is 27.2. The average Bonchev–Trinajstić information content (AvgIpc) is 2.90. The third-order valence-electron chi connectivity index (χ3n) is 4.29. The Morgan fingerprint density at radius 2 is 1.78 bits per heavy atom. The van der Waals surface area contributed by atoms with E-state index < -0.39 is 12.5 Å². The van der Waals surface area contributed by atoms with E-state index in [2.05, 4.69) is 30.9 Å². The van der Waals surface area contributed by atoms with E-state index >= 15 is 0 Å². The number of benzene rings is 1. The molecule has 0 spiro atoms. The number of amides is 1. The monoisotopic (exact) mass is 406 g/mol. The first kappa shape index (κ1) is 21.4. The fourth-order valence-electron chi connectivity index (χ4n) is 2.77. The molecule has 146 valence electrons. The highest BCUT2D eigenvalue weighted by Crippen LogP contribution is 2.32. The predicted molar refractivity (Wildman–Crippen MR) is 116 cm³/mol. The number of nitrogens with zero attached hydrogens (tertiary/aromatic N) is 2. The van der Waals surface area contributed by atoms with Gasteiger partial charge in [-0.1, -0.05) is 62.8 Å². The molecule has 1 aromatic carbocycles. The van der Waals surface area contributed by atoms with Crippen molar-refractivity contribution in [2.45, 2.75) is 39.5 Å². The summed E-state index contributed by atoms with van der Waals surface area (Å²) >= 11 is 6.27. The highest BCUT2D eigenvalue weighted by molar-refractivity contribution is 8.26. The smallest absolute Gasteiger partial charge is 0.323 e. The highest BCUT2D eigenvalue weighted by Gasteiger charge is 2.33. The molecule has 5 nitrogen and oxygen atoms in total. The van der Waals surface area contributed by atoms with Gasteiger partial charge >= 0.3 is 5.97 Å². The zero-order chi connectivity index (χ0) is 19.8. The molecule has 27 heavy (non-hydrogen) atoms. The third kappa shape index (κ3) is 6.07. The van der Waals surface area contributed by atoms with E-state index in [1.54, 1.807) is 6.08 Å². The van der Waals surface area contributed by atoms with Crippen LogP contribution < -0.4 is 4.90 Å². The average molecular weight is 407 g/mol. The number of unbranched alkanes of at least 4 members (excludes halogenated alkanes) is 2. The largest absolute Gasteiger partial charge is 0.480 e. The molecular formula is C20H26N2O3S2. The zero-order valence-corrected chi connectivity index (χ0v) is 17.4. The standard InChI is InChI=1S/C20H26N2O3S2/c1-3-5-11-21(12-6-4-2)16-9-7-15(8-10-16)13-17-19(25)22(14-18(23)24)20(26)27-17/h7-10,13H,3-6,11-12,14H2,1-2H3,(H,23,24)/b17-13-. The Bertz CT molecular complexity index is 708. The van der Waals surface area contributed by atoms with Crippen LogP contribution in [0, 0.1) is 0 Å². The van der Waals surface area contributed by atoms with Crippen LogP contribution in [0.3, 0.4) is 0 Å². The summed E-state index contributed by atoms with van der Waals surface area (Å²) in [5.74, 6) is -1.42. The van der Waals surface area contributed by atoms with Crippen LogP contribution in [0.1, 0.15) is 45.1 Å². The quantitative estimate of drug-likeness (QED) is 0.460. The van der Waals surface area contributed by atoms with Crippen molar-refractivity contribution in [3.8, 4) is 0 Å². The molecule has 0 bridgehead atoms. The summed E-state index contributed by atoms with van der Waals surface area (Å²) in [7, 11) is 0. The lowest BCUT2D eigenvalue weighted by molar-refractivity contribution is -0.140. The van der Waals surface area contributed by atoms with Crippen molar-refractivity contribution in [1.29, 1.82) is 0 Å². The van der Waals surface area contributed by atoms with E-state index in [0.717, 1.165) is 48.2 Å². The van der Waals surface area contributed by atoms with E-state index in [4.69, 9.17) is 17.3 Å². The first-order chi connectivity index (χ1) is 13.0. The van der Waals surface area contributed by atoms with E-state index in [-0.39, 0.29) is 10.2 Å². The van der Waals surface area contributed by atoms with Crippen LogP contribution >= 0.6 is 24.0 Å². The van der Waals surface area contributed by atoms with Gasteiger partial charge in [0.15, 0.2) is 0 Å². The molecular weight excluding hydrogens is 380 g/mol. The molecule has 1 aliphatic heterocycles. The SMILES string of the molecule is CCCCN(CCCC)c1ccc(/C=C2\SC(=S)N(CC(=O)O)C2=O)cc1. The van der Waals surface area contributed by atoms with E-state index in [1.807, 2.05) is 12.1 Å². The van der Waals surface area contributed by atoms with Gasteiger partial charge in [-0.3, -0.25) is 14.5 Å². The van der Waals surface area contributed by atoms with Gasteiger partial charge in [-0.05, 0) is 36.6 Å². The topological polar surface area (TPSA) is 60.9 Å². The minimum Gasteiger partial charge on any atom is -0.480 e. The van der Waals surface area contributed by atoms with Gasteiger partial charge in [-0.25, -0.2) is 0 Å². The molecule has 7 heteroatoms. The third-order valence-corrected chi connectivity index (χ3v) is 5.66. The van der Waals surface area contributed by atoms with Crippen LogP contribution in [-0.4, -0.2) is 45.8 Å². The number of hydrogen-bond acceptors (Lipinski definition) is 5. The van der Waals surface area contributed by atoms with Crippen LogP contribution in [0.15, 0.2) is 29.2 Å². The molecule has 1 aliphatic rings. The van der Waals surface area contributed by atoms with Crippen LogP contribution in [0.2, 0.25) is 0 Å². The number of rotatable bonds is 10. The van der Waals surface area contributed by atoms with Gasteiger partial charge < -0.3 is 10.0 Å². The fourth-order valence-corrected chi connectivity index (χ4v) is 4.03. The number of thioether (sulfide) groups is 1. The molecule has 1 heterocycles. The molecule has 1 N–H and O–H groups in total. The molecule has 0 saturated carbocycles. The van der Waals surface area contributed by atoms with Gasteiger partial charge in [0.25, 0.3) is 5.91 Å². The Morgan fingerprint density at radius 1 is 1.19 bits per heavy atom. The van der Waals surface area contributed by atoms with Crippen molar-refractivity contribution >= 4 is 51.9 Å². The Morgan fingerprint density at radius 3 is 2.30 bits per heavy atom. The van der Waals surface area contributed by atoms with Crippen molar-refractivity contribution in [3.63, 3.8) is 0 Å². The lowest BCUT2D eigenvalue weighted by Crippen LogP contribution is -2.33. The second-order valence-corrected chi connectivity index (χ2v) is 8.12. The molecule has 0 unspecified atom stereocenters. The number of hydrogen-bond donors (Lipinski definition) is 1. The molecule has 0 aliphatic carbocycles. The molecule has 2 rings (SSSR count). The minimum absolute atomic E-state index is 0.288. The molecule has 0 aromatic heterocycles. The summed E-state index contributed by atoms with van der Waals surface area (Å²) in [5, 5.41) is 8.90. The van der Waals surface area contributed by atoms with Crippen molar-refractivity contribution in [3.05, 3.63) is 34.7 Å². The summed E-state index contributed by atoms with van der Waals surface area (Å²) < 4.78 is 0.288. The number of carboxylic acid groups (broad SMARTS) is 1. The number of thiocarbonyl (C=S) groups is 1. The molecule has 1 amide bonds. The van der Waals surface area contributed by atoms with Gasteiger partial charge in [-0.15, -0.1) is 0 Å². The van der Waals surface area contributed by atoms with Crippen LogP contribution in [-0.2, 0) is 9.59 Å². The maximum atomic E-state index is 12.3. The Labute approximate surface area is 170 Å². The number of anilines is 1. The van der Waals surface area contributed by atoms with Crippen molar-refractivity contribution in [2.75, 3.05) is 24.5 Å². The zero-order valence-electron chi connectivity index (χ0n) is 15.8. The Balaban J connectivity index is 2.12. The summed E-state index contributed by atoms with van der Waals surface area (Å²) in [6.07, 6.45) is 6.43. The van der Waals surface area contributed by atoms with Gasteiger partial charge in [0.05, 0.1) is 4.91 Å². The van der Waals surface area contributed by atoms with Gasteiger partial charge in [0, 0.05) is 18.8 Å². The highest BCUT2D eigenvalue weighted by atomic mass is 32.2. The second-order valence-electron chi connectivity index (χ2n) is 6.45. The molecule has 0 atom stereocenters. The van der Waals surface area contributed by atoms with Gasteiger partial charge in [-0.2, -0.15) is 0 Å². The Kier molecular flexibility index (Phi) is 8.31. The number of carbonyl (C=O) groups is 2. The summed E-state index contributed by atoms with van der Waals surface area (Å²) in [6, 6.07) is 8.14. The normalized spacial score (nSPS) is 15.6. The maximum Gasteiger partial charge on any atom is 0.323 e. The van der Waals surface area contributed by atoms with Crippen molar-refractivity contribution in [1.82, 2.24) is 4.90 Å². The van der Waals surface area contributed by atoms with Crippen LogP contribution in [0.5, 0.6) is 0 Å². The molecule has 1 aromatic rings. The predicted octanol–water partition coefficient (Wildman–Crippen LogP) is 4.38. The van der Waals surface area contributed by atoms with Crippen LogP contribution in [0.25, 0.3) is 6.08 Å². The first-order valence-corrected chi connectivity index (χ1v) is 10.5. The number of carbonyl (C=O) groups excluding carboxylic acids is 1. The van der Waals surface area contributed by atoms with E-state index in [1.165, 1.54) is 18.5 Å².